The molecular formula is C29H45N3O3. The number of fused-ring (bicyclic) bond motifs is 2. The lowest BCUT2D eigenvalue weighted by atomic mass is 9.81. The van der Waals surface area contributed by atoms with Gasteiger partial charge in [0.25, 0.3) is 0 Å². The van der Waals surface area contributed by atoms with Crippen LogP contribution in [0.2, 0.25) is 0 Å². The minimum Gasteiger partial charge on any atom is -0.444 e. The van der Waals surface area contributed by atoms with Crippen LogP contribution in [0, 0.1) is 5.92 Å². The van der Waals surface area contributed by atoms with Gasteiger partial charge in [-0.05, 0) is 64.4 Å². The lowest BCUT2D eigenvalue weighted by Gasteiger charge is -2.49. The summed E-state index contributed by atoms with van der Waals surface area (Å²) in [4.78, 5) is 27.6. The molecule has 6 heteroatoms. The molecule has 3 rings (SSSR count). The number of hydrogen-bond donors (Lipinski definition) is 2. The predicted octanol–water partition coefficient (Wildman–Crippen LogP) is 5.57. The molecule has 6 nitrogen and oxygen atoms in total. The van der Waals surface area contributed by atoms with Crippen LogP contribution < -0.4 is 10.6 Å². The van der Waals surface area contributed by atoms with Crippen molar-refractivity contribution in [1.29, 1.82) is 0 Å². The van der Waals surface area contributed by atoms with Crippen LogP contribution in [-0.2, 0) is 16.1 Å². The van der Waals surface area contributed by atoms with Crippen molar-refractivity contribution in [2.75, 3.05) is 0 Å². The highest BCUT2D eigenvalue weighted by atomic mass is 16.6. The van der Waals surface area contributed by atoms with Gasteiger partial charge in [0, 0.05) is 31.1 Å². The van der Waals surface area contributed by atoms with E-state index in [4.69, 9.17) is 4.74 Å². The lowest BCUT2D eigenvalue weighted by molar-refractivity contribution is -0.121. The molecule has 2 N–H and O–H groups in total. The molecule has 2 aliphatic rings. The Labute approximate surface area is 211 Å². The summed E-state index contributed by atoms with van der Waals surface area (Å²) in [6, 6.07) is 11.9. The summed E-state index contributed by atoms with van der Waals surface area (Å²) in [5.74, 6) is 0.468. The molecule has 0 saturated carbocycles. The molecule has 2 bridgehead atoms. The number of ether oxygens (including phenoxy) is 1. The molecule has 2 aliphatic heterocycles. The molecule has 2 saturated heterocycles. The van der Waals surface area contributed by atoms with Gasteiger partial charge >= 0.3 is 6.09 Å². The van der Waals surface area contributed by atoms with Crippen molar-refractivity contribution in [2.24, 2.45) is 5.92 Å². The Balaban J connectivity index is 1.49. The maximum absolute atomic E-state index is 12.7. The fraction of sp³-hybridized carbons (Fsp3) is 0.655. The predicted molar refractivity (Wildman–Crippen MR) is 141 cm³/mol. The van der Waals surface area contributed by atoms with Crippen LogP contribution in [0.4, 0.5) is 4.79 Å². The van der Waals surface area contributed by atoms with E-state index in [1.165, 1.54) is 24.8 Å². The molecular weight excluding hydrogens is 438 g/mol. The lowest BCUT2D eigenvalue weighted by Crippen LogP contribution is -2.56. The van der Waals surface area contributed by atoms with E-state index >= 15 is 0 Å². The molecule has 194 valence electrons. The minimum absolute atomic E-state index is 0.0568. The van der Waals surface area contributed by atoms with Crippen molar-refractivity contribution >= 4 is 12.0 Å². The zero-order valence-corrected chi connectivity index (χ0v) is 22.3. The molecule has 2 fully saturated rings. The van der Waals surface area contributed by atoms with Crippen molar-refractivity contribution < 1.29 is 14.3 Å². The number of carbonyl (C=O) groups is 2. The quantitative estimate of drug-likeness (QED) is 0.450. The Kier molecular flexibility index (Phi) is 9.79. The van der Waals surface area contributed by atoms with Crippen LogP contribution in [-0.4, -0.2) is 46.7 Å². The van der Waals surface area contributed by atoms with E-state index in [0.717, 1.165) is 25.8 Å². The fourth-order valence-electron chi connectivity index (χ4n) is 5.43. The Bertz CT molecular complexity index is 832. The minimum atomic E-state index is -0.537. The molecule has 2 unspecified atom stereocenters. The summed E-state index contributed by atoms with van der Waals surface area (Å²) >= 11 is 0. The average molecular weight is 484 g/mol. The van der Waals surface area contributed by atoms with Crippen molar-refractivity contribution in [1.82, 2.24) is 15.5 Å². The Morgan fingerprint density at radius 3 is 2.37 bits per heavy atom. The molecule has 0 radical (unpaired) electrons. The van der Waals surface area contributed by atoms with Crippen LogP contribution in [0.1, 0.15) is 85.1 Å². The summed E-state index contributed by atoms with van der Waals surface area (Å²) in [5.41, 5.74) is 0.832. The molecule has 0 aliphatic carbocycles. The van der Waals surface area contributed by atoms with E-state index in [1.807, 2.05) is 32.9 Å². The third-order valence-electron chi connectivity index (χ3n) is 6.80. The second-order valence-electron chi connectivity index (χ2n) is 11.6. The highest BCUT2D eigenvalue weighted by Crippen LogP contribution is 2.35. The fourth-order valence-corrected chi connectivity index (χ4v) is 5.43. The Morgan fingerprint density at radius 1 is 1.11 bits per heavy atom. The zero-order chi connectivity index (χ0) is 25.4. The van der Waals surface area contributed by atoms with Gasteiger partial charge in [0.1, 0.15) is 5.60 Å². The monoisotopic (exact) mass is 483 g/mol. The van der Waals surface area contributed by atoms with Gasteiger partial charge in [-0.25, -0.2) is 4.79 Å². The molecule has 35 heavy (non-hydrogen) atoms. The van der Waals surface area contributed by atoms with E-state index in [9.17, 15) is 9.59 Å². The van der Waals surface area contributed by atoms with E-state index in [1.54, 1.807) is 0 Å². The molecule has 4 atom stereocenters. The standard InChI is InChI=1S/C29H45N3O3/c1-21(2)17-23(31-28(34)35-29(3,4)5)13-9-16-27(33)30-24-18-25-14-10-15-26(19-24)32(25)20-22-11-7-6-8-12-22/h6-9,11-13,21,23-26H,10,14-20H2,1-5H3,(H,30,33)(H,31,34)/b13-9+/t23-,24?,25+,26?/m1/s1. The van der Waals surface area contributed by atoms with Crippen LogP contribution >= 0.6 is 0 Å². The third-order valence-corrected chi connectivity index (χ3v) is 6.80. The van der Waals surface area contributed by atoms with Gasteiger partial charge in [-0.1, -0.05) is 62.8 Å². The molecule has 0 aromatic heterocycles. The number of benzene rings is 1. The first-order chi connectivity index (χ1) is 16.6. The maximum Gasteiger partial charge on any atom is 0.408 e. The van der Waals surface area contributed by atoms with Gasteiger partial charge in [-0.3, -0.25) is 9.69 Å². The Hall–Kier alpha value is -2.34. The zero-order valence-electron chi connectivity index (χ0n) is 22.3. The Morgan fingerprint density at radius 2 is 1.77 bits per heavy atom. The summed E-state index contributed by atoms with van der Waals surface area (Å²) in [6.45, 7) is 10.8. The number of rotatable bonds is 9. The van der Waals surface area contributed by atoms with E-state index in [2.05, 4.69) is 59.7 Å². The first kappa shape index (κ1) is 27.3. The van der Waals surface area contributed by atoms with Crippen molar-refractivity contribution in [2.45, 2.75) is 116 Å². The maximum atomic E-state index is 12.7. The van der Waals surface area contributed by atoms with Gasteiger partial charge in [0.15, 0.2) is 0 Å². The molecule has 0 spiro atoms. The van der Waals surface area contributed by atoms with Gasteiger partial charge < -0.3 is 15.4 Å². The van der Waals surface area contributed by atoms with E-state index < -0.39 is 11.7 Å². The first-order valence-corrected chi connectivity index (χ1v) is 13.3. The number of amides is 2. The highest BCUT2D eigenvalue weighted by molar-refractivity contribution is 5.77. The number of nitrogens with one attached hydrogen (secondary N) is 2. The summed E-state index contributed by atoms with van der Waals surface area (Å²) < 4.78 is 5.39. The number of alkyl carbamates (subject to hydrolysis) is 1. The first-order valence-electron chi connectivity index (χ1n) is 13.3. The van der Waals surface area contributed by atoms with Gasteiger partial charge in [-0.15, -0.1) is 0 Å². The molecule has 1 aromatic rings. The number of hydrogen-bond acceptors (Lipinski definition) is 4. The third kappa shape index (κ3) is 9.32. The van der Waals surface area contributed by atoms with Crippen LogP contribution in [0.15, 0.2) is 42.5 Å². The number of carbonyl (C=O) groups excluding carboxylic acids is 2. The van der Waals surface area contributed by atoms with Crippen molar-refractivity contribution in [3.05, 3.63) is 48.0 Å². The molecule has 2 amide bonds. The largest absolute Gasteiger partial charge is 0.444 e. The summed E-state index contributed by atoms with van der Waals surface area (Å²) in [7, 11) is 0. The van der Waals surface area contributed by atoms with E-state index in [0.29, 0.717) is 24.4 Å². The summed E-state index contributed by atoms with van der Waals surface area (Å²) in [6.07, 6.45) is 10.3. The average Bonchev–Trinajstić information content (AvgIpc) is 2.73. The van der Waals surface area contributed by atoms with Crippen molar-refractivity contribution in [3.63, 3.8) is 0 Å². The second-order valence-corrected chi connectivity index (χ2v) is 11.6. The van der Waals surface area contributed by atoms with Crippen LogP contribution in [0.25, 0.3) is 0 Å². The smallest absolute Gasteiger partial charge is 0.408 e. The normalized spacial score (nSPS) is 23.8. The second kappa shape index (κ2) is 12.6. The van der Waals surface area contributed by atoms with Gasteiger partial charge in [0.2, 0.25) is 5.91 Å². The SMILES string of the molecule is CC(C)C[C@@H](/C=C/CC(=O)NC1CC2CCC[C@@H](C1)N2Cc1ccccc1)NC(=O)OC(C)(C)C. The van der Waals surface area contributed by atoms with Gasteiger partial charge in [0.05, 0.1) is 6.04 Å². The van der Waals surface area contributed by atoms with Gasteiger partial charge in [-0.2, -0.15) is 0 Å². The van der Waals surface area contributed by atoms with Crippen LogP contribution in [0.3, 0.4) is 0 Å². The summed E-state index contributed by atoms with van der Waals surface area (Å²) in [5, 5.41) is 6.22. The highest BCUT2D eigenvalue weighted by Gasteiger charge is 2.38. The van der Waals surface area contributed by atoms with Crippen molar-refractivity contribution in [3.8, 4) is 0 Å². The molecule has 2 heterocycles. The van der Waals surface area contributed by atoms with Crippen LogP contribution in [0.5, 0.6) is 0 Å². The van der Waals surface area contributed by atoms with E-state index in [-0.39, 0.29) is 18.0 Å². The number of nitrogens with zero attached hydrogens (tertiary/aromatic N) is 1. The topological polar surface area (TPSA) is 70.7 Å². The molecule has 1 aromatic carbocycles. The number of piperidine rings is 2.